The molecular weight excluding hydrogens is 396 g/mol. The average Bonchev–Trinajstić information content (AvgIpc) is 2.72. The van der Waals surface area contributed by atoms with Crippen molar-refractivity contribution in [1.82, 2.24) is 10.0 Å². The molecule has 0 heterocycles. The van der Waals surface area contributed by atoms with Crippen molar-refractivity contribution in [3.8, 4) is 5.75 Å². The van der Waals surface area contributed by atoms with Crippen LogP contribution in [0.5, 0.6) is 5.75 Å². The molecule has 0 saturated heterocycles. The summed E-state index contributed by atoms with van der Waals surface area (Å²) in [7, 11) is -1.26. The molecule has 9 heteroatoms. The molecule has 2 aromatic rings. The highest BCUT2D eigenvalue weighted by Crippen LogP contribution is 2.24. The van der Waals surface area contributed by atoms with Gasteiger partial charge >= 0.3 is 5.97 Å². The third-order valence-electron chi connectivity index (χ3n) is 4.27. The van der Waals surface area contributed by atoms with E-state index in [1.165, 1.54) is 26.3 Å². The normalized spacial score (nSPS) is 11.0. The van der Waals surface area contributed by atoms with Crippen molar-refractivity contribution in [2.75, 3.05) is 27.3 Å². The lowest BCUT2D eigenvalue weighted by molar-refractivity contribution is -0.124. The summed E-state index contributed by atoms with van der Waals surface area (Å²) in [6, 6.07) is 11.7. The quantitative estimate of drug-likeness (QED) is 0.594. The van der Waals surface area contributed by atoms with Gasteiger partial charge in [0.15, 0.2) is 6.61 Å². The van der Waals surface area contributed by atoms with Crippen molar-refractivity contribution in [3.63, 3.8) is 0 Å². The molecule has 8 nitrogen and oxygen atoms in total. The summed E-state index contributed by atoms with van der Waals surface area (Å²) >= 11 is 0. The Kier molecular flexibility index (Phi) is 7.74. The minimum Gasteiger partial charge on any atom is -0.495 e. The maximum atomic E-state index is 12.2. The summed E-state index contributed by atoms with van der Waals surface area (Å²) < 4.78 is 36.3. The van der Waals surface area contributed by atoms with Crippen LogP contribution in [-0.2, 0) is 26.0 Å². The van der Waals surface area contributed by atoms with Crippen LogP contribution in [0.15, 0.2) is 47.4 Å². The SMILES string of the molecule is CNS(=O)(=O)c1cc(C(=O)OCC(=O)NCCc2ccccc2C)ccc1OC. The first-order valence-electron chi connectivity index (χ1n) is 8.88. The Morgan fingerprint density at radius 3 is 2.48 bits per heavy atom. The van der Waals surface area contributed by atoms with Gasteiger partial charge in [0.05, 0.1) is 12.7 Å². The maximum Gasteiger partial charge on any atom is 0.338 e. The summed E-state index contributed by atoms with van der Waals surface area (Å²) in [5.74, 6) is -1.16. The molecule has 2 aromatic carbocycles. The molecular formula is C20H24N2O6S. The van der Waals surface area contributed by atoms with Gasteiger partial charge in [-0.05, 0) is 49.7 Å². The van der Waals surface area contributed by atoms with E-state index in [-0.39, 0.29) is 16.2 Å². The van der Waals surface area contributed by atoms with Gasteiger partial charge in [-0.15, -0.1) is 0 Å². The molecule has 0 bridgehead atoms. The molecule has 0 atom stereocenters. The second-order valence-electron chi connectivity index (χ2n) is 6.18. The topological polar surface area (TPSA) is 111 Å². The lowest BCUT2D eigenvalue weighted by atomic mass is 10.1. The fraction of sp³-hybridized carbons (Fsp3) is 0.300. The number of methoxy groups -OCH3 is 1. The fourth-order valence-corrected chi connectivity index (χ4v) is 3.53. The minimum absolute atomic E-state index is 0.00710. The molecule has 0 radical (unpaired) electrons. The van der Waals surface area contributed by atoms with Crippen LogP contribution in [0.4, 0.5) is 0 Å². The van der Waals surface area contributed by atoms with Crippen molar-refractivity contribution in [2.24, 2.45) is 0 Å². The number of carbonyl (C=O) groups is 2. The van der Waals surface area contributed by atoms with Crippen molar-refractivity contribution >= 4 is 21.9 Å². The Morgan fingerprint density at radius 1 is 1.10 bits per heavy atom. The maximum absolute atomic E-state index is 12.2. The highest BCUT2D eigenvalue weighted by molar-refractivity contribution is 7.89. The molecule has 0 spiro atoms. The largest absolute Gasteiger partial charge is 0.495 e. The predicted octanol–water partition coefficient (Wildman–Crippen LogP) is 1.43. The lowest BCUT2D eigenvalue weighted by Crippen LogP contribution is -2.30. The lowest BCUT2D eigenvalue weighted by Gasteiger charge is -2.11. The number of aryl methyl sites for hydroxylation is 1. The fourth-order valence-electron chi connectivity index (χ4n) is 2.62. The molecule has 0 aliphatic rings. The standard InChI is InChI=1S/C20H24N2O6S/c1-14-6-4-5-7-15(14)10-11-22-19(23)13-28-20(24)16-8-9-17(27-3)18(12-16)29(25,26)21-2/h4-9,12,21H,10-11,13H2,1-3H3,(H,22,23). The number of hydrogen-bond donors (Lipinski definition) is 2. The van der Waals surface area contributed by atoms with E-state index in [0.29, 0.717) is 13.0 Å². The average molecular weight is 420 g/mol. The van der Waals surface area contributed by atoms with Gasteiger partial charge in [-0.25, -0.2) is 17.9 Å². The summed E-state index contributed by atoms with van der Waals surface area (Å²) in [6.07, 6.45) is 0.663. The van der Waals surface area contributed by atoms with E-state index >= 15 is 0 Å². The Balaban J connectivity index is 1.92. The number of sulfonamides is 1. The van der Waals surface area contributed by atoms with Crippen molar-refractivity contribution in [3.05, 3.63) is 59.2 Å². The molecule has 29 heavy (non-hydrogen) atoms. The van der Waals surface area contributed by atoms with Crippen molar-refractivity contribution in [2.45, 2.75) is 18.2 Å². The van der Waals surface area contributed by atoms with Gasteiger partial charge in [0, 0.05) is 6.54 Å². The molecule has 0 aromatic heterocycles. The molecule has 0 saturated carbocycles. The summed E-state index contributed by atoms with van der Waals surface area (Å²) in [5.41, 5.74) is 2.26. The molecule has 0 fully saturated rings. The smallest absolute Gasteiger partial charge is 0.338 e. The van der Waals surface area contributed by atoms with E-state index in [9.17, 15) is 18.0 Å². The van der Waals surface area contributed by atoms with E-state index in [0.717, 1.165) is 17.2 Å². The number of ether oxygens (including phenoxy) is 2. The first-order valence-corrected chi connectivity index (χ1v) is 10.4. The van der Waals surface area contributed by atoms with E-state index < -0.39 is 28.5 Å². The zero-order chi connectivity index (χ0) is 21.4. The van der Waals surface area contributed by atoms with E-state index in [2.05, 4.69) is 10.0 Å². The number of rotatable bonds is 9. The van der Waals surface area contributed by atoms with Gasteiger partial charge in [-0.2, -0.15) is 0 Å². The number of carbonyl (C=O) groups excluding carboxylic acids is 2. The van der Waals surface area contributed by atoms with E-state index in [1.54, 1.807) is 0 Å². The van der Waals surface area contributed by atoms with Crippen LogP contribution in [0.2, 0.25) is 0 Å². The third kappa shape index (κ3) is 6.03. The third-order valence-corrected chi connectivity index (χ3v) is 5.71. The molecule has 0 aliphatic carbocycles. The Bertz CT molecular complexity index is 988. The molecule has 2 N–H and O–H groups in total. The van der Waals surface area contributed by atoms with Crippen molar-refractivity contribution in [1.29, 1.82) is 0 Å². The Morgan fingerprint density at radius 2 is 1.83 bits per heavy atom. The monoisotopic (exact) mass is 420 g/mol. The number of benzene rings is 2. The molecule has 156 valence electrons. The van der Waals surface area contributed by atoms with E-state index in [1.807, 2.05) is 31.2 Å². The van der Waals surface area contributed by atoms with Gasteiger partial charge in [0.25, 0.3) is 5.91 Å². The Hall–Kier alpha value is -2.91. The zero-order valence-electron chi connectivity index (χ0n) is 16.5. The molecule has 0 aliphatic heterocycles. The van der Waals surface area contributed by atoms with Crippen LogP contribution in [0.3, 0.4) is 0 Å². The number of nitrogens with one attached hydrogen (secondary N) is 2. The van der Waals surface area contributed by atoms with Gasteiger partial charge in [-0.1, -0.05) is 24.3 Å². The Labute approximate surface area is 170 Å². The van der Waals surface area contributed by atoms with Gasteiger partial charge < -0.3 is 14.8 Å². The second kappa shape index (κ2) is 10.0. The van der Waals surface area contributed by atoms with E-state index in [4.69, 9.17) is 9.47 Å². The molecule has 0 unspecified atom stereocenters. The summed E-state index contributed by atoms with van der Waals surface area (Å²) in [5, 5.41) is 2.69. The predicted molar refractivity (Wildman–Crippen MR) is 107 cm³/mol. The second-order valence-corrected chi connectivity index (χ2v) is 8.03. The minimum atomic E-state index is -3.83. The first-order chi connectivity index (χ1) is 13.8. The summed E-state index contributed by atoms with van der Waals surface area (Å²) in [4.78, 5) is 23.9. The van der Waals surface area contributed by atoms with Crippen LogP contribution in [0.1, 0.15) is 21.5 Å². The van der Waals surface area contributed by atoms with Crippen LogP contribution in [-0.4, -0.2) is 47.6 Å². The number of esters is 1. The first kappa shape index (κ1) is 22.4. The molecule has 2 rings (SSSR count). The highest BCUT2D eigenvalue weighted by Gasteiger charge is 2.21. The summed E-state index contributed by atoms with van der Waals surface area (Å²) in [6.45, 7) is 1.94. The molecule has 1 amide bonds. The van der Waals surface area contributed by atoms with Gasteiger partial charge in [0.1, 0.15) is 10.6 Å². The number of hydrogen-bond acceptors (Lipinski definition) is 6. The van der Waals surface area contributed by atoms with Gasteiger partial charge in [-0.3, -0.25) is 4.79 Å². The van der Waals surface area contributed by atoms with Gasteiger partial charge in [0.2, 0.25) is 10.0 Å². The highest BCUT2D eigenvalue weighted by atomic mass is 32.2. The number of amides is 1. The van der Waals surface area contributed by atoms with Crippen LogP contribution in [0, 0.1) is 6.92 Å². The zero-order valence-corrected chi connectivity index (χ0v) is 17.3. The van der Waals surface area contributed by atoms with Crippen LogP contribution in [0.25, 0.3) is 0 Å². The van der Waals surface area contributed by atoms with Crippen LogP contribution < -0.4 is 14.8 Å². The van der Waals surface area contributed by atoms with Crippen molar-refractivity contribution < 1.29 is 27.5 Å². The van der Waals surface area contributed by atoms with Crippen LogP contribution >= 0.6 is 0 Å².